The lowest BCUT2D eigenvalue weighted by atomic mass is 9.91. The molecule has 1 unspecified atom stereocenters. The van der Waals surface area contributed by atoms with E-state index in [1.807, 2.05) is 4.90 Å². The molecule has 0 aliphatic carbocycles. The van der Waals surface area contributed by atoms with E-state index in [-0.39, 0.29) is 11.9 Å². The average Bonchev–Trinajstić information content (AvgIpc) is 3.40. The van der Waals surface area contributed by atoms with Crippen molar-refractivity contribution in [3.8, 4) is 11.5 Å². The van der Waals surface area contributed by atoms with Crippen LogP contribution in [-0.4, -0.2) is 56.1 Å². The Morgan fingerprint density at radius 2 is 1.89 bits per heavy atom. The van der Waals surface area contributed by atoms with Crippen LogP contribution < -0.4 is 9.47 Å². The van der Waals surface area contributed by atoms with Gasteiger partial charge < -0.3 is 14.4 Å². The largest absolute Gasteiger partial charge is 0.493 e. The SMILES string of the molecule is COc1cc2c(cc1OC)C(c1cccs1)N(CC(=O)N1CCCC1)CC2. The predicted octanol–water partition coefficient (Wildman–Crippen LogP) is 3.34. The molecule has 1 aromatic carbocycles. The summed E-state index contributed by atoms with van der Waals surface area (Å²) < 4.78 is 11.0. The molecule has 2 aliphatic heterocycles. The average molecular weight is 387 g/mol. The van der Waals surface area contributed by atoms with Gasteiger partial charge in [0.25, 0.3) is 0 Å². The number of ether oxygens (including phenoxy) is 2. The lowest BCUT2D eigenvalue weighted by molar-refractivity contribution is -0.131. The Balaban J connectivity index is 1.68. The second-order valence-corrected chi connectivity index (χ2v) is 8.11. The highest BCUT2D eigenvalue weighted by Crippen LogP contribution is 2.42. The number of carbonyl (C=O) groups excluding carboxylic acids is 1. The molecule has 1 amide bonds. The second-order valence-electron chi connectivity index (χ2n) is 7.13. The number of rotatable bonds is 5. The Morgan fingerprint density at radius 1 is 1.15 bits per heavy atom. The summed E-state index contributed by atoms with van der Waals surface area (Å²) >= 11 is 1.74. The van der Waals surface area contributed by atoms with Crippen LogP contribution >= 0.6 is 11.3 Å². The lowest BCUT2D eigenvalue weighted by Gasteiger charge is -2.37. The number of nitrogens with zero attached hydrogens (tertiary/aromatic N) is 2. The summed E-state index contributed by atoms with van der Waals surface area (Å²) in [7, 11) is 3.34. The highest BCUT2D eigenvalue weighted by atomic mass is 32.1. The van der Waals surface area contributed by atoms with Gasteiger partial charge in [0.1, 0.15) is 0 Å². The maximum Gasteiger partial charge on any atom is 0.236 e. The van der Waals surface area contributed by atoms with Gasteiger partial charge in [-0.3, -0.25) is 9.69 Å². The van der Waals surface area contributed by atoms with Crippen LogP contribution in [-0.2, 0) is 11.2 Å². The van der Waals surface area contributed by atoms with E-state index in [0.717, 1.165) is 50.4 Å². The molecular weight excluding hydrogens is 360 g/mol. The fourth-order valence-corrected chi connectivity index (χ4v) is 5.06. The van der Waals surface area contributed by atoms with E-state index in [2.05, 4.69) is 34.5 Å². The molecule has 2 aromatic rings. The molecule has 0 spiro atoms. The van der Waals surface area contributed by atoms with E-state index >= 15 is 0 Å². The third-order valence-corrected chi connectivity index (χ3v) is 6.51. The van der Waals surface area contributed by atoms with Crippen LogP contribution in [0.5, 0.6) is 11.5 Å². The van der Waals surface area contributed by atoms with Gasteiger partial charge in [0.15, 0.2) is 11.5 Å². The molecule has 27 heavy (non-hydrogen) atoms. The van der Waals surface area contributed by atoms with Crippen LogP contribution in [0.3, 0.4) is 0 Å². The van der Waals surface area contributed by atoms with Crippen molar-refractivity contribution in [3.63, 3.8) is 0 Å². The number of carbonyl (C=O) groups is 1. The Morgan fingerprint density at radius 3 is 2.56 bits per heavy atom. The number of hydrogen-bond acceptors (Lipinski definition) is 5. The molecule has 0 radical (unpaired) electrons. The summed E-state index contributed by atoms with van der Waals surface area (Å²) in [6.07, 6.45) is 3.16. The standard InChI is InChI=1S/C21H26N2O3S/c1-25-17-12-15-7-10-23(14-20(24)22-8-3-4-9-22)21(19-6-5-11-27-19)16(15)13-18(17)26-2/h5-6,11-13,21H,3-4,7-10,14H2,1-2H3. The number of hydrogen-bond donors (Lipinski definition) is 0. The first-order valence-corrected chi connectivity index (χ1v) is 10.4. The van der Waals surface area contributed by atoms with Crippen LogP contribution in [0.25, 0.3) is 0 Å². The van der Waals surface area contributed by atoms with E-state index in [0.29, 0.717) is 6.54 Å². The van der Waals surface area contributed by atoms with Gasteiger partial charge >= 0.3 is 0 Å². The molecule has 6 heteroatoms. The molecule has 144 valence electrons. The first-order valence-electron chi connectivity index (χ1n) is 9.51. The minimum Gasteiger partial charge on any atom is -0.493 e. The molecular formula is C21H26N2O3S. The zero-order valence-corrected chi connectivity index (χ0v) is 16.8. The van der Waals surface area contributed by atoms with Crippen LogP contribution in [0.2, 0.25) is 0 Å². The third-order valence-electron chi connectivity index (χ3n) is 5.58. The molecule has 5 nitrogen and oxygen atoms in total. The summed E-state index contributed by atoms with van der Waals surface area (Å²) in [6.45, 7) is 3.14. The molecule has 1 aromatic heterocycles. The van der Waals surface area contributed by atoms with Gasteiger partial charge in [-0.1, -0.05) is 6.07 Å². The lowest BCUT2D eigenvalue weighted by Crippen LogP contribution is -2.43. The fraction of sp³-hybridized carbons (Fsp3) is 0.476. The van der Waals surface area contributed by atoms with Crippen LogP contribution in [0.15, 0.2) is 29.6 Å². The highest BCUT2D eigenvalue weighted by molar-refractivity contribution is 7.10. The topological polar surface area (TPSA) is 42.0 Å². The van der Waals surface area contributed by atoms with Crippen LogP contribution in [0.1, 0.15) is 34.9 Å². The Bertz CT molecular complexity index is 800. The number of methoxy groups -OCH3 is 2. The van der Waals surface area contributed by atoms with E-state index in [1.54, 1.807) is 25.6 Å². The molecule has 4 rings (SSSR count). The molecule has 0 saturated carbocycles. The minimum absolute atomic E-state index is 0.0834. The molecule has 2 aliphatic rings. The van der Waals surface area contributed by atoms with Gasteiger partial charge in [0.2, 0.25) is 5.91 Å². The first kappa shape index (κ1) is 18.3. The van der Waals surface area contributed by atoms with Crippen molar-refractivity contribution in [2.45, 2.75) is 25.3 Å². The first-order chi connectivity index (χ1) is 13.2. The van der Waals surface area contributed by atoms with Crippen LogP contribution in [0, 0.1) is 0 Å². The van der Waals surface area contributed by atoms with Gasteiger partial charge in [-0.25, -0.2) is 0 Å². The smallest absolute Gasteiger partial charge is 0.236 e. The fourth-order valence-electron chi connectivity index (χ4n) is 4.19. The zero-order chi connectivity index (χ0) is 18.8. The summed E-state index contributed by atoms with van der Waals surface area (Å²) in [4.78, 5) is 18.4. The molecule has 3 heterocycles. The maximum atomic E-state index is 12.8. The second kappa shape index (κ2) is 7.90. The van der Waals surface area contributed by atoms with Gasteiger partial charge in [0, 0.05) is 24.5 Å². The normalized spacial score (nSPS) is 19.8. The molecule has 1 fully saturated rings. The van der Waals surface area contributed by atoms with E-state index in [1.165, 1.54) is 16.0 Å². The van der Waals surface area contributed by atoms with Crippen LogP contribution in [0.4, 0.5) is 0 Å². The van der Waals surface area contributed by atoms with Crippen molar-refractivity contribution >= 4 is 17.2 Å². The van der Waals surface area contributed by atoms with Crippen molar-refractivity contribution in [1.29, 1.82) is 0 Å². The minimum atomic E-state index is 0.0834. The molecule has 0 bridgehead atoms. The summed E-state index contributed by atoms with van der Waals surface area (Å²) in [5.41, 5.74) is 2.49. The number of benzene rings is 1. The summed E-state index contributed by atoms with van der Waals surface area (Å²) in [6, 6.07) is 8.50. The van der Waals surface area contributed by atoms with Gasteiger partial charge in [-0.05, 0) is 54.0 Å². The van der Waals surface area contributed by atoms with E-state index in [4.69, 9.17) is 9.47 Å². The summed E-state index contributed by atoms with van der Waals surface area (Å²) in [5, 5.41) is 2.10. The molecule has 1 saturated heterocycles. The zero-order valence-electron chi connectivity index (χ0n) is 15.9. The van der Waals surface area contributed by atoms with E-state index < -0.39 is 0 Å². The number of fused-ring (bicyclic) bond motifs is 1. The Hall–Kier alpha value is -2.05. The number of likely N-dealkylation sites (tertiary alicyclic amines) is 1. The van der Waals surface area contributed by atoms with Gasteiger partial charge in [-0.15, -0.1) is 11.3 Å². The maximum absolute atomic E-state index is 12.8. The van der Waals surface area contributed by atoms with Crippen molar-refractivity contribution in [3.05, 3.63) is 45.6 Å². The molecule has 0 N–H and O–H groups in total. The van der Waals surface area contributed by atoms with Gasteiger partial charge in [0.05, 0.1) is 26.8 Å². The quantitative estimate of drug-likeness (QED) is 0.790. The van der Waals surface area contributed by atoms with Crippen molar-refractivity contribution < 1.29 is 14.3 Å². The summed E-state index contributed by atoms with van der Waals surface area (Å²) in [5.74, 6) is 1.76. The monoisotopic (exact) mass is 386 g/mol. The van der Waals surface area contributed by atoms with Crippen molar-refractivity contribution in [2.24, 2.45) is 0 Å². The predicted molar refractivity (Wildman–Crippen MR) is 107 cm³/mol. The third kappa shape index (κ3) is 3.56. The Labute approximate surface area is 164 Å². The Kier molecular flexibility index (Phi) is 5.36. The molecule has 1 atom stereocenters. The number of amides is 1. The van der Waals surface area contributed by atoms with E-state index in [9.17, 15) is 4.79 Å². The highest BCUT2D eigenvalue weighted by Gasteiger charge is 2.33. The van der Waals surface area contributed by atoms with Gasteiger partial charge in [-0.2, -0.15) is 0 Å². The van der Waals surface area contributed by atoms with Crippen molar-refractivity contribution in [2.75, 3.05) is 40.4 Å². The number of thiophene rings is 1. The van der Waals surface area contributed by atoms with Crippen molar-refractivity contribution in [1.82, 2.24) is 9.80 Å².